The lowest BCUT2D eigenvalue weighted by Gasteiger charge is -2.12. The summed E-state index contributed by atoms with van der Waals surface area (Å²) in [4.78, 5) is 32.0. The van der Waals surface area contributed by atoms with Gasteiger partial charge in [-0.05, 0) is 37.7 Å². The molecule has 1 N–H and O–H groups in total. The first-order valence-electron chi connectivity index (χ1n) is 9.21. The van der Waals surface area contributed by atoms with Gasteiger partial charge in [0.15, 0.2) is 5.16 Å². The summed E-state index contributed by atoms with van der Waals surface area (Å²) in [5.74, 6) is 0.248. The maximum Gasteiger partial charge on any atom is 0.263 e. The summed E-state index contributed by atoms with van der Waals surface area (Å²) in [6, 6.07) is 0. The van der Waals surface area contributed by atoms with Gasteiger partial charge in [-0.25, -0.2) is 4.98 Å². The molecule has 0 aliphatic heterocycles. The molecule has 0 unspecified atom stereocenters. The normalized spacial score (nSPS) is 13.6. The van der Waals surface area contributed by atoms with Crippen LogP contribution in [0.4, 0.5) is 0 Å². The zero-order valence-electron chi connectivity index (χ0n) is 15.2. The van der Waals surface area contributed by atoms with Crippen molar-refractivity contribution in [1.82, 2.24) is 14.9 Å². The lowest BCUT2D eigenvalue weighted by atomic mass is 9.97. The third kappa shape index (κ3) is 4.04. The van der Waals surface area contributed by atoms with Gasteiger partial charge in [-0.1, -0.05) is 31.2 Å². The predicted molar refractivity (Wildman–Crippen MR) is 109 cm³/mol. The third-order valence-electron chi connectivity index (χ3n) is 4.54. The molecule has 1 amide bonds. The van der Waals surface area contributed by atoms with Gasteiger partial charge in [0.2, 0.25) is 5.91 Å². The molecular formula is C19H25N3O2S2. The Morgan fingerprint density at radius 3 is 3.00 bits per heavy atom. The highest BCUT2D eigenvalue weighted by atomic mass is 32.2. The first-order valence-corrected chi connectivity index (χ1v) is 11.0. The van der Waals surface area contributed by atoms with Crippen molar-refractivity contribution >= 4 is 39.2 Å². The zero-order chi connectivity index (χ0) is 18.5. The lowest BCUT2D eigenvalue weighted by Crippen LogP contribution is -2.27. The van der Waals surface area contributed by atoms with Crippen molar-refractivity contribution in [3.8, 4) is 0 Å². The van der Waals surface area contributed by atoms with Crippen molar-refractivity contribution in [1.29, 1.82) is 0 Å². The standard InChI is InChI=1S/C19H25N3O2S2/c1-3-5-10-20-15(23)12-25-19-21-17-16(18(24)22(19)11-4-2)13-8-6-7-9-14(13)26-17/h4H,2-3,5-12H2,1H3,(H,20,23). The summed E-state index contributed by atoms with van der Waals surface area (Å²) < 4.78 is 1.65. The molecule has 7 heteroatoms. The SMILES string of the molecule is C=CCn1c(SCC(=O)NCCCC)nc2sc3c(c2c1=O)CCCC3. The summed E-state index contributed by atoms with van der Waals surface area (Å²) >= 11 is 2.97. The second kappa shape index (κ2) is 8.86. The molecule has 0 fully saturated rings. The van der Waals surface area contributed by atoms with Crippen LogP contribution in [0, 0.1) is 0 Å². The van der Waals surface area contributed by atoms with Crippen molar-refractivity contribution in [2.45, 2.75) is 57.1 Å². The van der Waals surface area contributed by atoms with E-state index in [9.17, 15) is 9.59 Å². The van der Waals surface area contributed by atoms with E-state index >= 15 is 0 Å². The van der Waals surface area contributed by atoms with Crippen molar-refractivity contribution in [3.63, 3.8) is 0 Å². The fraction of sp³-hybridized carbons (Fsp3) is 0.526. The second-order valence-electron chi connectivity index (χ2n) is 6.48. The number of carbonyl (C=O) groups is 1. The van der Waals surface area contributed by atoms with Gasteiger partial charge < -0.3 is 5.32 Å². The molecule has 2 aromatic heterocycles. The first kappa shape index (κ1) is 19.2. The maximum atomic E-state index is 13.1. The summed E-state index contributed by atoms with van der Waals surface area (Å²) in [7, 11) is 0. The van der Waals surface area contributed by atoms with Crippen LogP contribution in [0.3, 0.4) is 0 Å². The summed E-state index contributed by atoms with van der Waals surface area (Å²) in [6.45, 7) is 6.96. The molecule has 26 heavy (non-hydrogen) atoms. The van der Waals surface area contributed by atoms with E-state index in [0.29, 0.717) is 18.2 Å². The van der Waals surface area contributed by atoms with E-state index < -0.39 is 0 Å². The van der Waals surface area contributed by atoms with Crippen LogP contribution >= 0.6 is 23.1 Å². The number of aromatic nitrogens is 2. The van der Waals surface area contributed by atoms with E-state index in [2.05, 4.69) is 18.8 Å². The number of thioether (sulfide) groups is 1. The van der Waals surface area contributed by atoms with Crippen LogP contribution in [-0.2, 0) is 24.2 Å². The number of nitrogens with zero attached hydrogens (tertiary/aromatic N) is 2. The Balaban J connectivity index is 1.89. The fourth-order valence-corrected chi connectivity index (χ4v) is 5.35. The Bertz CT molecular complexity index is 870. The minimum atomic E-state index is -0.0200. The largest absolute Gasteiger partial charge is 0.355 e. The van der Waals surface area contributed by atoms with Gasteiger partial charge in [-0.2, -0.15) is 0 Å². The molecule has 1 aliphatic rings. The number of unbranched alkanes of at least 4 members (excludes halogenated alkanes) is 1. The first-order chi connectivity index (χ1) is 12.7. The number of fused-ring (bicyclic) bond motifs is 3. The van der Waals surface area contributed by atoms with E-state index in [4.69, 9.17) is 4.98 Å². The number of aryl methyl sites for hydroxylation is 2. The average molecular weight is 392 g/mol. The number of nitrogens with one attached hydrogen (secondary N) is 1. The molecule has 1 aliphatic carbocycles. The molecular weight excluding hydrogens is 366 g/mol. The monoisotopic (exact) mass is 391 g/mol. The average Bonchev–Trinajstić information content (AvgIpc) is 3.01. The Morgan fingerprint density at radius 1 is 1.42 bits per heavy atom. The molecule has 0 radical (unpaired) electrons. The van der Waals surface area contributed by atoms with E-state index in [1.54, 1.807) is 22.0 Å². The van der Waals surface area contributed by atoms with Gasteiger partial charge >= 0.3 is 0 Å². The Labute approximate surface area is 161 Å². The second-order valence-corrected chi connectivity index (χ2v) is 8.51. The van der Waals surface area contributed by atoms with Crippen LogP contribution in [0.5, 0.6) is 0 Å². The highest BCUT2D eigenvalue weighted by Gasteiger charge is 2.22. The van der Waals surface area contributed by atoms with Gasteiger partial charge in [-0.15, -0.1) is 17.9 Å². The van der Waals surface area contributed by atoms with Gasteiger partial charge in [-0.3, -0.25) is 14.2 Å². The van der Waals surface area contributed by atoms with Crippen molar-refractivity contribution < 1.29 is 4.79 Å². The van der Waals surface area contributed by atoms with Gasteiger partial charge in [0, 0.05) is 18.0 Å². The van der Waals surface area contributed by atoms with E-state index in [1.807, 2.05) is 0 Å². The minimum absolute atomic E-state index is 0.00295. The maximum absolute atomic E-state index is 13.1. The number of thiophene rings is 1. The minimum Gasteiger partial charge on any atom is -0.355 e. The van der Waals surface area contributed by atoms with Crippen LogP contribution in [0.1, 0.15) is 43.0 Å². The van der Waals surface area contributed by atoms with E-state index in [1.165, 1.54) is 28.6 Å². The number of allylic oxidation sites excluding steroid dienone is 1. The van der Waals surface area contributed by atoms with Gasteiger partial charge in [0.05, 0.1) is 11.1 Å². The molecule has 0 saturated heterocycles. The fourth-order valence-electron chi connectivity index (χ4n) is 3.21. The predicted octanol–water partition coefficient (Wildman–Crippen LogP) is 3.53. The van der Waals surface area contributed by atoms with Crippen molar-refractivity contribution in [3.05, 3.63) is 33.4 Å². The zero-order valence-corrected chi connectivity index (χ0v) is 16.8. The Morgan fingerprint density at radius 2 is 2.23 bits per heavy atom. The molecule has 0 bridgehead atoms. The van der Waals surface area contributed by atoms with Crippen molar-refractivity contribution in [2.24, 2.45) is 0 Å². The molecule has 5 nitrogen and oxygen atoms in total. The highest BCUT2D eigenvalue weighted by molar-refractivity contribution is 7.99. The van der Waals surface area contributed by atoms with Crippen LogP contribution in [-0.4, -0.2) is 27.8 Å². The topological polar surface area (TPSA) is 64.0 Å². The van der Waals surface area contributed by atoms with E-state index in [-0.39, 0.29) is 17.2 Å². The van der Waals surface area contributed by atoms with Crippen LogP contribution in [0.2, 0.25) is 0 Å². The number of rotatable bonds is 8. The Hall–Kier alpha value is -1.60. The lowest BCUT2D eigenvalue weighted by molar-refractivity contribution is -0.118. The number of carbonyl (C=O) groups excluding carboxylic acids is 1. The molecule has 140 valence electrons. The van der Waals surface area contributed by atoms with E-state index in [0.717, 1.165) is 42.3 Å². The molecule has 0 saturated carbocycles. The summed E-state index contributed by atoms with van der Waals surface area (Å²) in [5.41, 5.74) is 1.20. The van der Waals surface area contributed by atoms with Gasteiger partial charge in [0.25, 0.3) is 5.56 Å². The molecule has 0 spiro atoms. The van der Waals surface area contributed by atoms with Crippen molar-refractivity contribution in [2.75, 3.05) is 12.3 Å². The van der Waals surface area contributed by atoms with Gasteiger partial charge in [0.1, 0.15) is 4.83 Å². The van der Waals surface area contributed by atoms with Crippen LogP contribution in [0.15, 0.2) is 22.6 Å². The number of amides is 1. The number of hydrogen-bond donors (Lipinski definition) is 1. The summed E-state index contributed by atoms with van der Waals surface area (Å²) in [5, 5.41) is 4.29. The van der Waals surface area contributed by atoms with Crippen LogP contribution < -0.4 is 10.9 Å². The molecule has 3 rings (SSSR count). The number of hydrogen-bond acceptors (Lipinski definition) is 5. The smallest absolute Gasteiger partial charge is 0.263 e. The molecule has 0 aromatic carbocycles. The Kier molecular flexibility index (Phi) is 6.53. The van der Waals surface area contributed by atoms with Crippen LogP contribution in [0.25, 0.3) is 10.2 Å². The summed E-state index contributed by atoms with van der Waals surface area (Å²) in [6.07, 6.45) is 8.05. The molecule has 0 atom stereocenters. The molecule has 2 aromatic rings. The molecule has 2 heterocycles. The third-order valence-corrected chi connectivity index (χ3v) is 6.70. The highest BCUT2D eigenvalue weighted by Crippen LogP contribution is 2.34. The quantitative estimate of drug-likeness (QED) is 0.324.